The number of halogens is 2. The number of nitrogens with zero attached hydrogens (tertiary/aromatic N) is 1. The zero-order chi connectivity index (χ0) is 19.8. The van der Waals surface area contributed by atoms with Crippen molar-refractivity contribution in [2.75, 3.05) is 18.4 Å². The van der Waals surface area contributed by atoms with E-state index >= 15 is 0 Å². The van der Waals surface area contributed by atoms with E-state index in [2.05, 4.69) is 10.2 Å². The fourth-order valence-corrected chi connectivity index (χ4v) is 6.05. The summed E-state index contributed by atoms with van der Waals surface area (Å²) in [7, 11) is 0. The molecule has 148 valence electrons. The average Bonchev–Trinajstić information content (AvgIpc) is 3.20. The van der Waals surface area contributed by atoms with Gasteiger partial charge in [0.1, 0.15) is 0 Å². The van der Waals surface area contributed by atoms with Crippen molar-refractivity contribution in [1.82, 2.24) is 4.90 Å². The molecule has 1 fully saturated rings. The van der Waals surface area contributed by atoms with Gasteiger partial charge in [0.05, 0.1) is 11.4 Å². The summed E-state index contributed by atoms with van der Waals surface area (Å²) in [5.41, 5.74) is 3.12. The molecule has 1 amide bonds. The van der Waals surface area contributed by atoms with Gasteiger partial charge in [-0.3, -0.25) is 9.69 Å². The van der Waals surface area contributed by atoms with Gasteiger partial charge in [-0.1, -0.05) is 23.2 Å². The normalized spacial score (nSPS) is 24.4. The Balaban J connectivity index is 1.62. The number of carbonyl (C=O) groups excluding carboxylic acids is 1. The van der Waals surface area contributed by atoms with E-state index in [0.29, 0.717) is 11.6 Å². The second-order valence-electron chi connectivity index (χ2n) is 7.41. The highest BCUT2D eigenvalue weighted by atomic mass is 35.5. The van der Waals surface area contributed by atoms with Gasteiger partial charge in [0, 0.05) is 46.7 Å². The zero-order valence-corrected chi connectivity index (χ0v) is 17.8. The maximum absolute atomic E-state index is 11.2. The minimum Gasteiger partial charge on any atom is -0.392 e. The fourth-order valence-electron chi connectivity index (χ4n) is 4.11. The van der Waals surface area contributed by atoms with Gasteiger partial charge < -0.3 is 10.4 Å². The second-order valence-corrected chi connectivity index (χ2v) is 9.47. The number of benzene rings is 2. The molecule has 1 heterocycles. The Morgan fingerprint density at radius 3 is 2.64 bits per heavy atom. The predicted octanol–water partition coefficient (Wildman–Crippen LogP) is 4.78. The predicted molar refractivity (Wildman–Crippen MR) is 115 cm³/mol. The van der Waals surface area contributed by atoms with Crippen molar-refractivity contribution >= 4 is 46.6 Å². The molecule has 0 radical (unpaired) electrons. The molecule has 2 aromatic rings. The van der Waals surface area contributed by atoms with Crippen molar-refractivity contribution in [1.29, 1.82) is 0 Å². The number of likely N-dealkylation sites (tertiary alicyclic amines) is 1. The molecule has 28 heavy (non-hydrogen) atoms. The summed E-state index contributed by atoms with van der Waals surface area (Å²) >= 11 is 14.6. The van der Waals surface area contributed by atoms with Crippen LogP contribution in [0.4, 0.5) is 5.69 Å². The van der Waals surface area contributed by atoms with E-state index < -0.39 is 0 Å². The molecule has 4 rings (SSSR count). The SMILES string of the molecule is CC(=O)Nc1ccc(S[C@H]2c3cc(Cl)cc(Cl)c3C[C@@H]2N2CC[C@@H](O)C2)cc1. The summed E-state index contributed by atoms with van der Waals surface area (Å²) in [4.78, 5) is 14.7. The van der Waals surface area contributed by atoms with Crippen molar-refractivity contribution < 1.29 is 9.90 Å². The number of carbonyl (C=O) groups is 1. The van der Waals surface area contributed by atoms with Gasteiger partial charge in [0.15, 0.2) is 0 Å². The summed E-state index contributed by atoms with van der Waals surface area (Å²) in [6.07, 6.45) is 1.41. The highest BCUT2D eigenvalue weighted by molar-refractivity contribution is 7.99. The number of β-amino-alcohol motifs (C(OH)–C–C–N with tert-alkyl or cyclic N) is 1. The van der Waals surface area contributed by atoms with Crippen LogP contribution in [0.5, 0.6) is 0 Å². The van der Waals surface area contributed by atoms with E-state index in [1.54, 1.807) is 11.8 Å². The topological polar surface area (TPSA) is 52.6 Å². The standard InChI is InChI=1S/C21H22Cl2N2O2S/c1-12(26)24-14-2-4-16(5-3-14)28-21-18-8-13(22)9-19(23)17(18)10-20(21)25-7-6-15(27)11-25/h2-5,8-9,15,20-21,27H,6-7,10-11H2,1H3,(H,24,26)/t15-,20+,21+/m1/s1. The molecule has 7 heteroatoms. The lowest BCUT2D eigenvalue weighted by molar-refractivity contribution is -0.114. The van der Waals surface area contributed by atoms with E-state index in [0.717, 1.165) is 40.6 Å². The molecule has 4 nitrogen and oxygen atoms in total. The Morgan fingerprint density at radius 1 is 1.25 bits per heavy atom. The lowest BCUT2D eigenvalue weighted by Crippen LogP contribution is -2.36. The van der Waals surface area contributed by atoms with Crippen LogP contribution >= 0.6 is 35.0 Å². The third-order valence-electron chi connectivity index (χ3n) is 5.37. The monoisotopic (exact) mass is 436 g/mol. The van der Waals surface area contributed by atoms with E-state index in [9.17, 15) is 9.90 Å². The Kier molecular flexibility index (Phi) is 5.91. The number of thioether (sulfide) groups is 1. The number of hydrogen-bond acceptors (Lipinski definition) is 4. The first-order chi connectivity index (χ1) is 13.4. The van der Waals surface area contributed by atoms with Crippen LogP contribution in [0.25, 0.3) is 0 Å². The second kappa shape index (κ2) is 8.25. The van der Waals surface area contributed by atoms with Crippen LogP contribution in [0, 0.1) is 0 Å². The summed E-state index contributed by atoms with van der Waals surface area (Å²) in [6, 6.07) is 12.0. The molecule has 0 aromatic heterocycles. The molecular formula is C21H22Cl2N2O2S. The molecule has 1 saturated heterocycles. The van der Waals surface area contributed by atoms with Gasteiger partial charge in [-0.05, 0) is 60.4 Å². The summed E-state index contributed by atoms with van der Waals surface area (Å²) in [6.45, 7) is 3.09. The summed E-state index contributed by atoms with van der Waals surface area (Å²) in [5.74, 6) is -0.0814. The Labute approximate surface area is 179 Å². The quantitative estimate of drug-likeness (QED) is 0.723. The third kappa shape index (κ3) is 4.19. The van der Waals surface area contributed by atoms with Gasteiger partial charge >= 0.3 is 0 Å². The summed E-state index contributed by atoms with van der Waals surface area (Å²) in [5, 5.41) is 14.4. The van der Waals surface area contributed by atoms with Crippen LogP contribution in [0.1, 0.15) is 29.7 Å². The van der Waals surface area contributed by atoms with Gasteiger partial charge in [-0.2, -0.15) is 0 Å². The molecule has 2 aromatic carbocycles. The first-order valence-electron chi connectivity index (χ1n) is 9.35. The number of fused-ring (bicyclic) bond motifs is 1. The average molecular weight is 437 g/mol. The van der Waals surface area contributed by atoms with Crippen LogP contribution in [0.2, 0.25) is 10.0 Å². The number of rotatable bonds is 4. The minimum absolute atomic E-state index is 0.0814. The first kappa shape index (κ1) is 20.0. The van der Waals surface area contributed by atoms with E-state index in [4.69, 9.17) is 23.2 Å². The maximum atomic E-state index is 11.2. The molecule has 0 bridgehead atoms. The number of amides is 1. The van der Waals surface area contributed by atoms with Crippen molar-refractivity contribution in [3.05, 3.63) is 57.6 Å². The molecular weight excluding hydrogens is 415 g/mol. The molecule has 0 saturated carbocycles. The van der Waals surface area contributed by atoms with Gasteiger partial charge in [0.25, 0.3) is 0 Å². The lowest BCUT2D eigenvalue weighted by Gasteiger charge is -2.29. The van der Waals surface area contributed by atoms with Crippen LogP contribution < -0.4 is 5.32 Å². The highest BCUT2D eigenvalue weighted by Crippen LogP contribution is 2.50. The Morgan fingerprint density at radius 2 is 2.00 bits per heavy atom. The van der Waals surface area contributed by atoms with Crippen LogP contribution in [-0.2, 0) is 11.2 Å². The molecule has 2 aliphatic rings. The van der Waals surface area contributed by atoms with E-state index in [1.165, 1.54) is 12.5 Å². The van der Waals surface area contributed by atoms with Crippen LogP contribution in [-0.4, -0.2) is 41.1 Å². The number of aliphatic hydroxyl groups is 1. The Hall–Kier alpha value is -1.24. The number of hydrogen-bond donors (Lipinski definition) is 2. The number of nitrogens with one attached hydrogen (secondary N) is 1. The largest absolute Gasteiger partial charge is 0.392 e. The first-order valence-corrected chi connectivity index (χ1v) is 11.0. The van der Waals surface area contributed by atoms with Crippen molar-refractivity contribution in [2.24, 2.45) is 0 Å². The van der Waals surface area contributed by atoms with E-state index in [1.807, 2.05) is 36.4 Å². The summed E-state index contributed by atoms with van der Waals surface area (Å²) < 4.78 is 0. The zero-order valence-electron chi connectivity index (χ0n) is 15.5. The molecule has 0 unspecified atom stereocenters. The molecule has 1 aliphatic heterocycles. The molecule has 3 atom stereocenters. The molecule has 1 aliphatic carbocycles. The molecule has 0 spiro atoms. The number of anilines is 1. The smallest absolute Gasteiger partial charge is 0.221 e. The maximum Gasteiger partial charge on any atom is 0.221 e. The van der Waals surface area contributed by atoms with Gasteiger partial charge in [-0.25, -0.2) is 0 Å². The van der Waals surface area contributed by atoms with Crippen LogP contribution in [0.15, 0.2) is 41.3 Å². The van der Waals surface area contributed by atoms with Crippen molar-refractivity contribution in [3.63, 3.8) is 0 Å². The third-order valence-corrected chi connectivity index (χ3v) is 7.29. The van der Waals surface area contributed by atoms with Crippen molar-refractivity contribution in [3.8, 4) is 0 Å². The van der Waals surface area contributed by atoms with Gasteiger partial charge in [0.2, 0.25) is 5.91 Å². The lowest BCUT2D eigenvalue weighted by atomic mass is 10.1. The fraction of sp³-hybridized carbons (Fsp3) is 0.381. The number of aliphatic hydroxyl groups excluding tert-OH is 1. The van der Waals surface area contributed by atoms with Crippen molar-refractivity contribution in [2.45, 2.75) is 42.1 Å². The Bertz CT molecular complexity index is 891. The van der Waals surface area contributed by atoms with Gasteiger partial charge in [-0.15, -0.1) is 11.8 Å². The van der Waals surface area contributed by atoms with E-state index in [-0.39, 0.29) is 23.3 Å². The molecule has 2 N–H and O–H groups in total. The van der Waals surface area contributed by atoms with Crippen LogP contribution in [0.3, 0.4) is 0 Å². The minimum atomic E-state index is -0.259. The highest BCUT2D eigenvalue weighted by Gasteiger charge is 2.40.